The number of amides is 2. The Bertz CT molecular complexity index is 807. The molecule has 0 aromatic heterocycles. The van der Waals surface area contributed by atoms with Crippen molar-refractivity contribution in [2.24, 2.45) is 4.99 Å². The number of thioether (sulfide) groups is 1. The molecule has 7 heteroatoms. The minimum atomic E-state index is -0.134. The van der Waals surface area contributed by atoms with E-state index < -0.39 is 0 Å². The molecule has 1 aliphatic rings. The first-order valence-electron chi connectivity index (χ1n) is 8.23. The van der Waals surface area contributed by atoms with Crippen LogP contribution in [-0.4, -0.2) is 28.0 Å². The van der Waals surface area contributed by atoms with Crippen LogP contribution >= 0.6 is 35.0 Å². The maximum absolute atomic E-state index is 13.2. The van der Waals surface area contributed by atoms with E-state index in [1.807, 2.05) is 44.2 Å². The van der Waals surface area contributed by atoms with Crippen LogP contribution in [0.1, 0.15) is 19.4 Å². The molecule has 0 saturated carbocycles. The normalized spacial score (nSPS) is 16.7. The number of aliphatic imine (C=N–C) groups is 1. The Morgan fingerprint density at radius 2 is 1.77 bits per heavy atom. The van der Waals surface area contributed by atoms with E-state index in [0.717, 1.165) is 10.7 Å². The van der Waals surface area contributed by atoms with Crippen LogP contribution in [0.5, 0.6) is 0 Å². The number of halogens is 2. The number of nitrogens with zero attached hydrogens (tertiary/aromatic N) is 3. The Morgan fingerprint density at radius 1 is 1.12 bits per heavy atom. The van der Waals surface area contributed by atoms with E-state index >= 15 is 0 Å². The predicted molar refractivity (Wildman–Crippen MR) is 111 cm³/mol. The Kier molecular flexibility index (Phi) is 6.12. The van der Waals surface area contributed by atoms with E-state index in [9.17, 15) is 4.79 Å². The molecule has 0 unspecified atom stereocenters. The molecule has 0 atom stereocenters. The number of amidine groups is 1. The van der Waals surface area contributed by atoms with Crippen LogP contribution in [-0.2, 0) is 6.54 Å². The summed E-state index contributed by atoms with van der Waals surface area (Å²) in [6, 6.07) is 15.0. The molecule has 1 aliphatic heterocycles. The lowest BCUT2D eigenvalue weighted by Gasteiger charge is -2.36. The molecule has 1 fully saturated rings. The smallest absolute Gasteiger partial charge is 0.284 e. The number of carbonyl (C=O) groups is 1. The molecule has 2 amide bonds. The molecule has 4 nitrogen and oxygen atoms in total. The van der Waals surface area contributed by atoms with Crippen molar-refractivity contribution in [2.45, 2.75) is 26.4 Å². The lowest BCUT2D eigenvalue weighted by atomic mass is 10.2. The fourth-order valence-corrected chi connectivity index (χ4v) is 4.19. The van der Waals surface area contributed by atoms with Gasteiger partial charge in [-0.1, -0.05) is 65.3 Å². The summed E-state index contributed by atoms with van der Waals surface area (Å²) in [6.07, 6.45) is 0. The lowest BCUT2D eigenvalue weighted by molar-refractivity contribution is 0.226. The van der Waals surface area contributed by atoms with E-state index in [4.69, 9.17) is 23.2 Å². The highest BCUT2D eigenvalue weighted by atomic mass is 35.5. The highest BCUT2D eigenvalue weighted by molar-refractivity contribution is 8.14. The van der Waals surface area contributed by atoms with Gasteiger partial charge in [-0.25, -0.2) is 4.79 Å². The highest BCUT2D eigenvalue weighted by Gasteiger charge is 2.32. The standard InChI is InChI=1S/C19H19Cl2N3OS/c1-13(2)22-18-23(11-14-6-4-3-5-7-14)19(25)24(12-26-18)17-9-15(20)8-16(21)10-17/h3-10,13H,11-12H2,1-2H3. The Labute approximate surface area is 167 Å². The number of benzene rings is 2. The van der Waals surface area contributed by atoms with E-state index in [-0.39, 0.29) is 12.1 Å². The first kappa shape index (κ1) is 19.1. The maximum atomic E-state index is 13.2. The van der Waals surface area contributed by atoms with Gasteiger partial charge in [-0.2, -0.15) is 0 Å². The molecule has 3 rings (SSSR count). The minimum Gasteiger partial charge on any atom is -0.284 e. The van der Waals surface area contributed by atoms with Gasteiger partial charge in [-0.3, -0.25) is 14.8 Å². The number of anilines is 1. The van der Waals surface area contributed by atoms with Crippen LogP contribution in [0.3, 0.4) is 0 Å². The molecule has 0 aliphatic carbocycles. The van der Waals surface area contributed by atoms with Gasteiger partial charge in [0.25, 0.3) is 0 Å². The van der Waals surface area contributed by atoms with Crippen LogP contribution in [0, 0.1) is 0 Å². The summed E-state index contributed by atoms with van der Waals surface area (Å²) in [5, 5.41) is 1.74. The van der Waals surface area contributed by atoms with Crippen LogP contribution in [0.4, 0.5) is 10.5 Å². The van der Waals surface area contributed by atoms with Gasteiger partial charge in [0.15, 0.2) is 5.17 Å². The Morgan fingerprint density at radius 3 is 2.38 bits per heavy atom. The molecule has 0 bridgehead atoms. The van der Waals surface area contributed by atoms with Crippen LogP contribution < -0.4 is 4.90 Å². The number of hydrogen-bond acceptors (Lipinski definition) is 3. The third-order valence-corrected chi connectivity index (χ3v) is 5.13. The van der Waals surface area contributed by atoms with Crippen molar-refractivity contribution in [1.82, 2.24) is 4.90 Å². The molecule has 136 valence electrons. The average molecular weight is 408 g/mol. The van der Waals surface area contributed by atoms with Gasteiger partial charge in [0, 0.05) is 21.8 Å². The maximum Gasteiger partial charge on any atom is 0.331 e. The lowest BCUT2D eigenvalue weighted by Crippen LogP contribution is -2.50. The summed E-state index contributed by atoms with van der Waals surface area (Å²) in [5.41, 5.74) is 1.73. The third-order valence-electron chi connectivity index (χ3n) is 3.73. The van der Waals surface area contributed by atoms with E-state index in [1.165, 1.54) is 11.8 Å². The van der Waals surface area contributed by atoms with Crippen molar-refractivity contribution in [2.75, 3.05) is 10.8 Å². The molecular weight excluding hydrogens is 389 g/mol. The van der Waals surface area contributed by atoms with Gasteiger partial charge in [0.05, 0.1) is 12.4 Å². The predicted octanol–water partition coefficient (Wildman–Crippen LogP) is 5.89. The Balaban J connectivity index is 1.93. The van der Waals surface area contributed by atoms with Gasteiger partial charge < -0.3 is 0 Å². The quantitative estimate of drug-likeness (QED) is 0.632. The molecule has 0 radical (unpaired) electrons. The fraction of sp³-hybridized carbons (Fsp3) is 0.263. The van der Waals surface area contributed by atoms with Crippen molar-refractivity contribution in [3.05, 3.63) is 64.1 Å². The van der Waals surface area contributed by atoms with Crippen LogP contribution in [0.15, 0.2) is 53.5 Å². The molecule has 0 spiro atoms. The molecule has 2 aromatic rings. The summed E-state index contributed by atoms with van der Waals surface area (Å²) in [4.78, 5) is 21.2. The number of carbonyl (C=O) groups excluding carboxylic acids is 1. The minimum absolute atomic E-state index is 0.107. The second-order valence-corrected chi connectivity index (χ2v) is 7.97. The number of rotatable bonds is 4. The summed E-state index contributed by atoms with van der Waals surface area (Å²) < 4.78 is 0. The van der Waals surface area contributed by atoms with Crippen molar-refractivity contribution in [1.29, 1.82) is 0 Å². The number of hydrogen-bond donors (Lipinski definition) is 0. The third kappa shape index (κ3) is 4.53. The summed E-state index contributed by atoms with van der Waals surface area (Å²) in [6.45, 7) is 4.47. The summed E-state index contributed by atoms with van der Waals surface area (Å²) in [5.74, 6) is 0.465. The monoisotopic (exact) mass is 407 g/mol. The number of urea groups is 1. The van der Waals surface area contributed by atoms with Gasteiger partial charge in [-0.15, -0.1) is 0 Å². The zero-order chi connectivity index (χ0) is 18.7. The van der Waals surface area contributed by atoms with Crippen molar-refractivity contribution >= 4 is 51.8 Å². The second kappa shape index (κ2) is 8.33. The molecule has 0 N–H and O–H groups in total. The van der Waals surface area contributed by atoms with Gasteiger partial charge >= 0.3 is 6.03 Å². The Hall–Kier alpha value is -1.69. The fourth-order valence-electron chi connectivity index (χ4n) is 2.59. The first-order chi connectivity index (χ1) is 12.4. The summed E-state index contributed by atoms with van der Waals surface area (Å²) in [7, 11) is 0. The molecule has 1 heterocycles. The van der Waals surface area contributed by atoms with Gasteiger partial charge in [0.2, 0.25) is 0 Å². The second-order valence-electron chi connectivity index (χ2n) is 6.19. The van der Waals surface area contributed by atoms with E-state index in [1.54, 1.807) is 28.0 Å². The zero-order valence-corrected chi connectivity index (χ0v) is 16.9. The zero-order valence-electron chi connectivity index (χ0n) is 14.5. The van der Waals surface area contributed by atoms with E-state index in [2.05, 4.69) is 4.99 Å². The van der Waals surface area contributed by atoms with E-state index in [0.29, 0.717) is 28.2 Å². The topological polar surface area (TPSA) is 35.9 Å². The molecule has 26 heavy (non-hydrogen) atoms. The molecular formula is C19H19Cl2N3OS. The average Bonchev–Trinajstić information content (AvgIpc) is 2.58. The van der Waals surface area contributed by atoms with Crippen molar-refractivity contribution in [3.8, 4) is 0 Å². The van der Waals surface area contributed by atoms with Crippen LogP contribution in [0.2, 0.25) is 10.0 Å². The summed E-state index contributed by atoms with van der Waals surface area (Å²) >= 11 is 13.8. The molecule has 1 saturated heterocycles. The SMILES string of the molecule is CC(C)N=C1SCN(c2cc(Cl)cc(Cl)c2)C(=O)N1Cc1ccccc1. The molecule has 2 aromatic carbocycles. The first-order valence-corrected chi connectivity index (χ1v) is 9.98. The highest BCUT2D eigenvalue weighted by Crippen LogP contribution is 2.31. The van der Waals surface area contributed by atoms with Gasteiger partial charge in [-0.05, 0) is 37.6 Å². The van der Waals surface area contributed by atoms with Crippen LogP contribution in [0.25, 0.3) is 0 Å². The largest absolute Gasteiger partial charge is 0.331 e. The van der Waals surface area contributed by atoms with Crippen molar-refractivity contribution < 1.29 is 4.79 Å². The van der Waals surface area contributed by atoms with Crippen molar-refractivity contribution in [3.63, 3.8) is 0 Å². The van der Waals surface area contributed by atoms with Gasteiger partial charge in [0.1, 0.15) is 0 Å².